The Morgan fingerprint density at radius 2 is 2.10 bits per heavy atom. The van der Waals surface area contributed by atoms with Gasteiger partial charge in [0.05, 0.1) is 11.9 Å². The molecule has 0 spiro atoms. The second-order valence-electron chi connectivity index (χ2n) is 6.44. The van der Waals surface area contributed by atoms with Gasteiger partial charge in [0, 0.05) is 31.2 Å². The van der Waals surface area contributed by atoms with E-state index in [0.717, 1.165) is 24.8 Å². The molecule has 20 heavy (non-hydrogen) atoms. The minimum atomic E-state index is 0.596. The summed E-state index contributed by atoms with van der Waals surface area (Å²) in [6, 6.07) is 3.44. The molecule has 0 bridgehead atoms. The summed E-state index contributed by atoms with van der Waals surface area (Å²) >= 11 is 0. The minimum absolute atomic E-state index is 0.596. The predicted molar refractivity (Wildman–Crippen MR) is 80.0 cm³/mol. The van der Waals surface area contributed by atoms with Crippen LogP contribution in [0.4, 0.5) is 11.5 Å². The number of rotatable bonds is 3. The molecule has 3 fully saturated rings. The van der Waals surface area contributed by atoms with Crippen LogP contribution in [0.1, 0.15) is 32.1 Å². The number of hydrogen-bond acceptors (Lipinski definition) is 5. The molecule has 0 unspecified atom stereocenters. The van der Waals surface area contributed by atoms with Crippen LogP contribution in [0.2, 0.25) is 0 Å². The smallest absolute Gasteiger partial charge is 0.150 e. The monoisotopic (exact) mass is 273 g/mol. The molecule has 4 rings (SSSR count). The van der Waals surface area contributed by atoms with Crippen molar-refractivity contribution < 1.29 is 0 Å². The summed E-state index contributed by atoms with van der Waals surface area (Å²) in [4.78, 5) is 2.45. The number of nitrogens with one attached hydrogen (secondary N) is 2. The number of nitrogens with zero attached hydrogens (tertiary/aromatic N) is 3. The zero-order valence-electron chi connectivity index (χ0n) is 11.9. The number of fused-ring (bicyclic) bond motifs is 1. The molecule has 2 N–H and O–H groups in total. The Kier molecular flexibility index (Phi) is 3.22. The Morgan fingerprint density at radius 3 is 2.95 bits per heavy atom. The molecular weight excluding hydrogens is 250 g/mol. The molecule has 3 aliphatic rings. The summed E-state index contributed by atoms with van der Waals surface area (Å²) in [5.74, 6) is 1.76. The average Bonchev–Trinajstić information content (AvgIpc) is 3.14. The number of anilines is 2. The maximum atomic E-state index is 4.24. The third-order valence-electron chi connectivity index (χ3n) is 5.08. The van der Waals surface area contributed by atoms with Gasteiger partial charge in [0.15, 0.2) is 5.82 Å². The van der Waals surface area contributed by atoms with Crippen LogP contribution in [0, 0.1) is 5.92 Å². The highest BCUT2D eigenvalue weighted by Crippen LogP contribution is 2.30. The minimum Gasteiger partial charge on any atom is -0.368 e. The first kappa shape index (κ1) is 12.4. The molecule has 0 aromatic carbocycles. The molecule has 1 aromatic heterocycles. The van der Waals surface area contributed by atoms with Crippen molar-refractivity contribution in [2.45, 2.75) is 44.2 Å². The first-order chi connectivity index (χ1) is 9.88. The van der Waals surface area contributed by atoms with E-state index < -0.39 is 0 Å². The zero-order valence-corrected chi connectivity index (χ0v) is 11.9. The first-order valence-electron chi connectivity index (χ1n) is 7.96. The van der Waals surface area contributed by atoms with E-state index in [1.54, 1.807) is 0 Å². The van der Waals surface area contributed by atoms with Gasteiger partial charge in [0.1, 0.15) is 0 Å². The van der Waals surface area contributed by atoms with Gasteiger partial charge >= 0.3 is 0 Å². The molecular formula is C15H23N5. The lowest BCUT2D eigenvalue weighted by atomic mass is 10.1. The van der Waals surface area contributed by atoms with Gasteiger partial charge in [-0.3, -0.25) is 0 Å². The van der Waals surface area contributed by atoms with E-state index in [2.05, 4.69) is 31.8 Å². The summed E-state index contributed by atoms with van der Waals surface area (Å²) in [6.07, 6.45) is 8.43. The average molecular weight is 273 g/mol. The third kappa shape index (κ3) is 2.35. The van der Waals surface area contributed by atoms with Crippen LogP contribution in [0.25, 0.3) is 0 Å². The van der Waals surface area contributed by atoms with E-state index in [1.165, 1.54) is 44.3 Å². The van der Waals surface area contributed by atoms with Gasteiger partial charge in [0.25, 0.3) is 0 Å². The van der Waals surface area contributed by atoms with E-state index in [4.69, 9.17) is 0 Å². The van der Waals surface area contributed by atoms with Gasteiger partial charge < -0.3 is 15.5 Å². The normalized spacial score (nSPS) is 29.9. The molecule has 1 aromatic rings. The summed E-state index contributed by atoms with van der Waals surface area (Å²) < 4.78 is 0. The van der Waals surface area contributed by atoms with Gasteiger partial charge in [-0.2, -0.15) is 5.10 Å². The molecule has 1 saturated carbocycles. The Balaban J connectivity index is 1.45. The van der Waals surface area contributed by atoms with Crippen molar-refractivity contribution in [2.24, 2.45) is 5.92 Å². The van der Waals surface area contributed by atoms with Crippen LogP contribution in [-0.4, -0.2) is 41.9 Å². The molecule has 0 amide bonds. The second-order valence-corrected chi connectivity index (χ2v) is 6.44. The quantitative estimate of drug-likeness (QED) is 0.876. The number of aromatic nitrogens is 2. The molecule has 2 saturated heterocycles. The van der Waals surface area contributed by atoms with Crippen LogP contribution in [0.3, 0.4) is 0 Å². The predicted octanol–water partition coefficient (Wildman–Crippen LogP) is 1.63. The molecule has 2 aliphatic heterocycles. The maximum absolute atomic E-state index is 4.24. The van der Waals surface area contributed by atoms with E-state index in [1.807, 2.05) is 6.20 Å². The lowest BCUT2D eigenvalue weighted by Gasteiger charge is -2.20. The van der Waals surface area contributed by atoms with Gasteiger partial charge in [-0.1, -0.05) is 12.8 Å². The fourth-order valence-electron chi connectivity index (χ4n) is 3.94. The third-order valence-corrected chi connectivity index (χ3v) is 5.08. The summed E-state index contributed by atoms with van der Waals surface area (Å²) in [5.41, 5.74) is 1.22. The molecule has 2 atom stereocenters. The van der Waals surface area contributed by atoms with Crippen LogP contribution in [-0.2, 0) is 0 Å². The highest BCUT2D eigenvalue weighted by atomic mass is 15.2. The fraction of sp³-hybridized carbons (Fsp3) is 0.733. The van der Waals surface area contributed by atoms with Crippen molar-refractivity contribution in [2.75, 3.05) is 29.9 Å². The molecule has 108 valence electrons. The van der Waals surface area contributed by atoms with Crippen LogP contribution in [0.5, 0.6) is 0 Å². The summed E-state index contributed by atoms with van der Waals surface area (Å²) in [6.45, 7) is 3.46. The van der Waals surface area contributed by atoms with Gasteiger partial charge in [-0.15, -0.1) is 5.10 Å². The van der Waals surface area contributed by atoms with Crippen LogP contribution in [0.15, 0.2) is 12.3 Å². The van der Waals surface area contributed by atoms with Crippen molar-refractivity contribution in [1.82, 2.24) is 15.5 Å². The number of hydrogen-bond donors (Lipinski definition) is 2. The van der Waals surface area contributed by atoms with E-state index in [0.29, 0.717) is 12.1 Å². The largest absolute Gasteiger partial charge is 0.368 e. The van der Waals surface area contributed by atoms with E-state index >= 15 is 0 Å². The lowest BCUT2D eigenvalue weighted by Crippen LogP contribution is -2.30. The van der Waals surface area contributed by atoms with Crippen molar-refractivity contribution >= 4 is 11.5 Å². The van der Waals surface area contributed by atoms with Gasteiger partial charge in [-0.25, -0.2) is 0 Å². The Morgan fingerprint density at radius 1 is 1.20 bits per heavy atom. The van der Waals surface area contributed by atoms with Crippen molar-refractivity contribution in [3.8, 4) is 0 Å². The van der Waals surface area contributed by atoms with Crippen LogP contribution >= 0.6 is 0 Å². The maximum Gasteiger partial charge on any atom is 0.150 e. The molecule has 3 heterocycles. The highest BCUT2D eigenvalue weighted by Gasteiger charge is 2.36. The SMILES string of the molecule is c1nnc(NC2CCCC2)cc1N1C[C@H]2CCN[C@H]2C1. The van der Waals surface area contributed by atoms with Crippen molar-refractivity contribution in [1.29, 1.82) is 0 Å². The standard InChI is InChI=1S/C15H23N5/c1-2-4-12(3-1)18-15-7-13(8-17-19-15)20-9-11-5-6-16-14(11)10-20/h7-8,11-12,14,16H,1-6,9-10H2,(H,18,19)/t11-,14+/m1/s1. The Bertz CT molecular complexity index is 459. The summed E-state index contributed by atoms with van der Waals surface area (Å²) in [5, 5.41) is 15.6. The van der Waals surface area contributed by atoms with E-state index in [-0.39, 0.29) is 0 Å². The molecule has 0 radical (unpaired) electrons. The molecule has 5 nitrogen and oxygen atoms in total. The first-order valence-corrected chi connectivity index (χ1v) is 7.96. The van der Waals surface area contributed by atoms with E-state index in [9.17, 15) is 0 Å². The van der Waals surface area contributed by atoms with Crippen molar-refractivity contribution in [3.63, 3.8) is 0 Å². The Hall–Kier alpha value is -1.36. The van der Waals surface area contributed by atoms with Gasteiger partial charge in [0.2, 0.25) is 0 Å². The Labute approximate surface area is 120 Å². The second kappa shape index (κ2) is 5.20. The van der Waals surface area contributed by atoms with Gasteiger partial charge in [-0.05, 0) is 31.7 Å². The fourth-order valence-corrected chi connectivity index (χ4v) is 3.94. The lowest BCUT2D eigenvalue weighted by molar-refractivity contribution is 0.556. The molecule has 1 aliphatic carbocycles. The molecule has 5 heteroatoms. The summed E-state index contributed by atoms with van der Waals surface area (Å²) in [7, 11) is 0. The highest BCUT2D eigenvalue weighted by molar-refractivity contribution is 5.53. The zero-order chi connectivity index (χ0) is 13.4. The van der Waals surface area contributed by atoms with Crippen molar-refractivity contribution in [3.05, 3.63) is 12.3 Å². The van der Waals surface area contributed by atoms with Crippen LogP contribution < -0.4 is 15.5 Å². The topological polar surface area (TPSA) is 53.1 Å².